The molecule has 2 amide bonds. The molecule has 1 saturated heterocycles. The van der Waals surface area contributed by atoms with Gasteiger partial charge in [0.2, 0.25) is 6.35 Å². The van der Waals surface area contributed by atoms with Crippen LogP contribution in [-0.2, 0) is 25.5 Å². The van der Waals surface area contributed by atoms with E-state index >= 15 is 4.39 Å². The number of morpholine rings is 1. The van der Waals surface area contributed by atoms with Crippen molar-refractivity contribution < 1.29 is 51.6 Å². The number of benzene rings is 2. The molecule has 4 heterocycles. The van der Waals surface area contributed by atoms with E-state index in [1.54, 1.807) is 25.2 Å². The monoisotopic (exact) mass is 687 g/mol. The number of anilines is 2. The lowest BCUT2D eigenvalue weighted by molar-refractivity contribution is -0.167. The van der Waals surface area contributed by atoms with Crippen molar-refractivity contribution in [1.29, 1.82) is 0 Å². The molecule has 3 N–H and O–H groups in total. The van der Waals surface area contributed by atoms with Crippen molar-refractivity contribution in [1.82, 2.24) is 15.2 Å². The highest BCUT2D eigenvalue weighted by molar-refractivity contribution is 6.11. The molecule has 3 aliphatic heterocycles. The zero-order chi connectivity index (χ0) is 35.2. The number of aromatic nitrogens is 1. The van der Waals surface area contributed by atoms with Gasteiger partial charge in [0.1, 0.15) is 17.9 Å². The Hall–Kier alpha value is -4.80. The zero-order valence-electron chi connectivity index (χ0n) is 26.5. The number of ether oxygens (including phenoxy) is 2. The number of alkyl halides is 3. The van der Waals surface area contributed by atoms with Crippen molar-refractivity contribution in [3.8, 4) is 0 Å². The Labute approximate surface area is 277 Å². The second-order valence-electron chi connectivity index (χ2n) is 12.0. The van der Waals surface area contributed by atoms with E-state index in [0.29, 0.717) is 40.8 Å². The number of aliphatic carboxylic acids is 1. The Morgan fingerprint density at radius 2 is 1.94 bits per heavy atom. The number of halogens is 4. The van der Waals surface area contributed by atoms with Gasteiger partial charge >= 0.3 is 12.1 Å². The van der Waals surface area contributed by atoms with Crippen molar-refractivity contribution in [3.05, 3.63) is 76.4 Å². The predicted octanol–water partition coefficient (Wildman–Crippen LogP) is 3.10. The second kappa shape index (κ2) is 13.2. The molecule has 0 spiro atoms. The highest BCUT2D eigenvalue weighted by Gasteiger charge is 2.46. The van der Waals surface area contributed by atoms with Gasteiger partial charge in [-0.3, -0.25) is 19.5 Å². The summed E-state index contributed by atoms with van der Waals surface area (Å²) < 4.78 is 66.8. The van der Waals surface area contributed by atoms with Crippen LogP contribution in [0.5, 0.6) is 0 Å². The molecule has 260 valence electrons. The van der Waals surface area contributed by atoms with Gasteiger partial charge in [-0.15, -0.1) is 0 Å². The summed E-state index contributed by atoms with van der Waals surface area (Å²) in [7, 11) is 1.64. The third kappa shape index (κ3) is 6.38. The normalized spacial score (nSPS) is 20.8. The lowest BCUT2D eigenvalue weighted by Crippen LogP contribution is -2.56. The number of aryl methyl sites for hydroxylation is 1. The van der Waals surface area contributed by atoms with Gasteiger partial charge in [-0.05, 0) is 42.3 Å². The Bertz CT molecular complexity index is 1830. The Morgan fingerprint density at radius 1 is 1.16 bits per heavy atom. The molecule has 12 nitrogen and oxygen atoms in total. The van der Waals surface area contributed by atoms with Crippen LogP contribution in [0.3, 0.4) is 0 Å². The molecule has 3 aromatic rings. The topological polar surface area (TPSA) is 145 Å². The highest BCUT2D eigenvalue weighted by Crippen LogP contribution is 2.37. The molecule has 1 aromatic heterocycles. The van der Waals surface area contributed by atoms with E-state index in [2.05, 4.69) is 10.3 Å². The molecule has 1 fully saturated rings. The number of carbonyl (C=O) groups excluding carboxylic acids is 2. The van der Waals surface area contributed by atoms with Gasteiger partial charge in [-0.25, -0.2) is 9.18 Å². The number of carboxylic acids is 1. The quantitative estimate of drug-likeness (QED) is 0.317. The van der Waals surface area contributed by atoms with Crippen LogP contribution in [0.25, 0.3) is 10.9 Å². The summed E-state index contributed by atoms with van der Waals surface area (Å²) in [6, 6.07) is 4.90. The zero-order valence-corrected chi connectivity index (χ0v) is 26.5. The number of hydrogen-bond donors (Lipinski definition) is 3. The van der Waals surface area contributed by atoms with Gasteiger partial charge in [0.25, 0.3) is 11.8 Å². The van der Waals surface area contributed by atoms with Gasteiger partial charge in [-0.2, -0.15) is 13.2 Å². The predicted molar refractivity (Wildman–Crippen MR) is 167 cm³/mol. The van der Waals surface area contributed by atoms with Gasteiger partial charge < -0.3 is 34.8 Å². The summed E-state index contributed by atoms with van der Waals surface area (Å²) in [5.74, 6) is -4.01. The van der Waals surface area contributed by atoms with E-state index in [-0.39, 0.29) is 43.1 Å². The SMILES string of the molecule is Cc1cc(N2CCOC[C@@H]2C(F)(F)F)cc(F)c1C(=O)N[C@@H](Cc1ccc(N2C(=O)C3=C(COCC3)N(C)C2O)c2ncccc12)C(=O)O. The number of amides is 2. The minimum Gasteiger partial charge on any atom is -0.480 e. The van der Waals surface area contributed by atoms with E-state index in [0.717, 1.165) is 11.0 Å². The highest BCUT2D eigenvalue weighted by atomic mass is 19.4. The van der Waals surface area contributed by atoms with Crippen molar-refractivity contribution in [3.63, 3.8) is 0 Å². The lowest BCUT2D eigenvalue weighted by atomic mass is 9.98. The number of nitrogens with one attached hydrogen (secondary N) is 1. The number of rotatable bonds is 7. The number of carboxylic acid groups (broad SMARTS) is 1. The van der Waals surface area contributed by atoms with Gasteiger partial charge in [-0.1, -0.05) is 12.1 Å². The van der Waals surface area contributed by atoms with Crippen LogP contribution in [0, 0.1) is 12.7 Å². The van der Waals surface area contributed by atoms with Crippen LogP contribution >= 0.6 is 0 Å². The van der Waals surface area contributed by atoms with Crippen molar-refractivity contribution in [2.45, 2.75) is 44.4 Å². The number of likely N-dealkylation sites (N-methyl/N-ethyl adjacent to an activating group) is 1. The van der Waals surface area contributed by atoms with Crippen LogP contribution in [0.1, 0.15) is 27.9 Å². The van der Waals surface area contributed by atoms with Crippen LogP contribution in [0.4, 0.5) is 28.9 Å². The Kier molecular flexibility index (Phi) is 9.21. The molecule has 1 unspecified atom stereocenters. The number of fused-ring (bicyclic) bond motifs is 1. The van der Waals surface area contributed by atoms with E-state index < -0.39 is 60.4 Å². The lowest BCUT2D eigenvalue weighted by Gasteiger charge is -2.43. The largest absolute Gasteiger partial charge is 0.480 e. The number of aliphatic hydroxyl groups excluding tert-OH is 1. The van der Waals surface area contributed by atoms with Gasteiger partial charge in [0.15, 0.2) is 0 Å². The minimum absolute atomic E-state index is 0.00136. The van der Waals surface area contributed by atoms with Crippen molar-refractivity contribution >= 4 is 40.1 Å². The molecule has 3 atom stereocenters. The first-order valence-electron chi connectivity index (χ1n) is 15.4. The molecule has 6 rings (SSSR count). The Balaban J connectivity index is 1.27. The van der Waals surface area contributed by atoms with Gasteiger partial charge in [0.05, 0.1) is 48.9 Å². The number of pyridine rings is 1. The summed E-state index contributed by atoms with van der Waals surface area (Å²) in [4.78, 5) is 47.4. The molecular formula is C33H33F4N5O7. The smallest absolute Gasteiger partial charge is 0.411 e. The fourth-order valence-corrected chi connectivity index (χ4v) is 6.52. The molecule has 0 bridgehead atoms. The summed E-state index contributed by atoms with van der Waals surface area (Å²) in [5, 5.41) is 24.0. The maximum Gasteiger partial charge on any atom is 0.411 e. The molecule has 3 aliphatic rings. The number of carbonyl (C=O) groups is 3. The first kappa shape index (κ1) is 34.1. The van der Waals surface area contributed by atoms with Crippen LogP contribution in [0.2, 0.25) is 0 Å². The van der Waals surface area contributed by atoms with E-state index in [4.69, 9.17) is 9.47 Å². The van der Waals surface area contributed by atoms with Crippen LogP contribution in [0.15, 0.2) is 53.9 Å². The Morgan fingerprint density at radius 3 is 2.65 bits per heavy atom. The summed E-state index contributed by atoms with van der Waals surface area (Å²) in [6.07, 6.45) is -4.44. The molecule has 2 aromatic carbocycles. The van der Waals surface area contributed by atoms with Crippen LogP contribution < -0.4 is 15.1 Å². The van der Waals surface area contributed by atoms with Gasteiger partial charge in [0, 0.05) is 49.3 Å². The number of hydrogen-bond acceptors (Lipinski definition) is 9. The third-order valence-corrected chi connectivity index (χ3v) is 9.03. The average Bonchev–Trinajstić information content (AvgIpc) is 3.07. The van der Waals surface area contributed by atoms with Crippen molar-refractivity contribution in [2.75, 3.05) is 49.8 Å². The molecule has 49 heavy (non-hydrogen) atoms. The molecule has 16 heteroatoms. The van der Waals surface area contributed by atoms with E-state index in [1.165, 1.54) is 35.1 Å². The minimum atomic E-state index is -4.64. The number of nitrogens with zero attached hydrogens (tertiary/aromatic N) is 4. The molecule has 0 saturated carbocycles. The maximum absolute atomic E-state index is 15.4. The summed E-state index contributed by atoms with van der Waals surface area (Å²) in [5.41, 5.74) is 1.52. The average molecular weight is 688 g/mol. The van der Waals surface area contributed by atoms with E-state index in [1.807, 2.05) is 0 Å². The first-order valence-corrected chi connectivity index (χ1v) is 15.4. The maximum atomic E-state index is 15.4. The number of aliphatic hydroxyl groups is 1. The summed E-state index contributed by atoms with van der Waals surface area (Å²) >= 11 is 0. The molecule has 0 radical (unpaired) electrons. The fourth-order valence-electron chi connectivity index (χ4n) is 6.52. The standard InChI is InChI=1S/C33H33F4N5O7/c1-17-12-19(41-9-11-49-16-26(41)33(35,36)37)14-22(34)27(17)29(43)39-23(31(45)46)13-18-5-6-24(28-20(18)4-3-8-38-28)42-30(44)21-7-10-48-15-25(21)40(2)32(42)47/h3-6,8,12,14,23,26,32,47H,7,9-11,13,15-16H2,1-2H3,(H,39,43)(H,45,46)/t23-,26+,32?/m0/s1. The molecule has 0 aliphatic carbocycles. The van der Waals surface area contributed by atoms with Crippen LogP contribution in [-0.4, -0.2) is 103 Å². The fraction of sp³-hybridized carbons (Fsp3) is 0.394. The first-order chi connectivity index (χ1) is 23.3. The molecular weight excluding hydrogens is 654 g/mol. The van der Waals surface area contributed by atoms with E-state index in [9.17, 15) is 37.8 Å². The summed E-state index contributed by atoms with van der Waals surface area (Å²) in [6.45, 7) is 1.11. The van der Waals surface area contributed by atoms with Crippen molar-refractivity contribution in [2.24, 2.45) is 0 Å². The second-order valence-corrected chi connectivity index (χ2v) is 12.0. The third-order valence-electron chi connectivity index (χ3n) is 9.03.